The highest BCUT2D eigenvalue weighted by Gasteiger charge is 2.36. The van der Waals surface area contributed by atoms with Gasteiger partial charge in [-0.2, -0.15) is 0 Å². The Hall–Kier alpha value is -6.60. The highest BCUT2D eigenvalue weighted by molar-refractivity contribution is 7.31. The first-order valence-electron chi connectivity index (χ1n) is 26.1. The maximum atomic E-state index is 4.05. The minimum Gasteiger partial charge on any atom is -0.355 e. The van der Waals surface area contributed by atoms with Gasteiger partial charge in [0.1, 0.15) is 0 Å². The third kappa shape index (κ3) is 7.99. The third-order valence-corrected chi connectivity index (χ3v) is 18.1. The molecule has 1 aliphatic heterocycles. The van der Waals surface area contributed by atoms with E-state index in [4.69, 9.17) is 0 Å². The molecule has 0 atom stereocenters. The lowest BCUT2D eigenvalue weighted by molar-refractivity contribution is 0.590. The van der Waals surface area contributed by atoms with Crippen LogP contribution in [0.3, 0.4) is 0 Å². The summed E-state index contributed by atoms with van der Waals surface area (Å²) in [4.78, 5) is 2.43. The van der Waals surface area contributed by atoms with E-state index in [1.165, 1.54) is 101 Å². The number of hydrogen-bond donors (Lipinski definition) is 1. The van der Waals surface area contributed by atoms with E-state index in [9.17, 15) is 0 Å². The normalized spacial score (nSPS) is 13.2. The van der Waals surface area contributed by atoms with Gasteiger partial charge in [-0.05, 0) is 134 Å². The lowest BCUT2D eigenvalue weighted by atomic mass is 9.43. The highest BCUT2D eigenvalue weighted by atomic mass is 32.1. The molecule has 364 valence electrons. The van der Waals surface area contributed by atoms with Gasteiger partial charge in [0.2, 0.25) is 6.71 Å². The molecule has 0 fully saturated rings. The van der Waals surface area contributed by atoms with Gasteiger partial charge in [0.15, 0.2) is 0 Å². The van der Waals surface area contributed by atoms with Crippen molar-refractivity contribution in [3.8, 4) is 16.8 Å². The number of fused-ring (bicyclic) bond motifs is 10. The molecule has 1 aliphatic rings. The van der Waals surface area contributed by atoms with Gasteiger partial charge in [-0.15, -0.1) is 22.7 Å². The van der Waals surface area contributed by atoms with E-state index in [2.05, 4.69) is 262 Å². The minimum atomic E-state index is 0.0220. The Bertz CT molecular complexity index is 3910. The lowest BCUT2D eigenvalue weighted by Crippen LogP contribution is -2.44. The molecular weight excluding hydrogens is 922 g/mol. The maximum Gasteiger partial charge on any atom is 0.225 e. The fourth-order valence-electron chi connectivity index (χ4n) is 11.4. The first-order chi connectivity index (χ1) is 34.6. The van der Waals surface area contributed by atoms with Gasteiger partial charge in [0, 0.05) is 85.3 Å². The molecule has 3 aromatic heterocycles. The van der Waals surface area contributed by atoms with Crippen LogP contribution in [-0.2, 0) is 21.7 Å². The molecule has 12 rings (SSSR count). The summed E-state index contributed by atoms with van der Waals surface area (Å²) in [5.74, 6) is 0. The topological polar surface area (TPSA) is 20.2 Å². The Labute approximate surface area is 440 Å². The highest BCUT2D eigenvalue weighted by Crippen LogP contribution is 2.47. The van der Waals surface area contributed by atoms with Gasteiger partial charge in [-0.25, -0.2) is 0 Å². The van der Waals surface area contributed by atoms with Gasteiger partial charge in [-0.1, -0.05) is 169 Å². The van der Waals surface area contributed by atoms with E-state index in [-0.39, 0.29) is 28.4 Å². The molecule has 0 unspecified atom stereocenters. The summed E-state index contributed by atoms with van der Waals surface area (Å²) in [5, 5.41) is 10.7. The molecule has 0 saturated carbocycles. The summed E-state index contributed by atoms with van der Waals surface area (Å²) >= 11 is 3.88. The summed E-state index contributed by atoms with van der Waals surface area (Å²) in [6, 6.07) is 60.6. The van der Waals surface area contributed by atoms with Gasteiger partial charge < -0.3 is 14.8 Å². The van der Waals surface area contributed by atoms with Crippen LogP contribution in [0.25, 0.3) is 68.9 Å². The third-order valence-electron chi connectivity index (χ3n) is 15.6. The lowest BCUT2D eigenvalue weighted by Gasteiger charge is -2.29. The molecule has 6 heteroatoms. The van der Waals surface area contributed by atoms with Crippen LogP contribution in [-0.4, -0.2) is 11.3 Å². The van der Waals surface area contributed by atoms with Crippen molar-refractivity contribution in [2.24, 2.45) is 0 Å². The molecule has 0 bridgehead atoms. The van der Waals surface area contributed by atoms with E-state index in [1.54, 1.807) is 0 Å². The van der Waals surface area contributed by atoms with Crippen molar-refractivity contribution in [3.05, 3.63) is 180 Å². The fraction of sp³-hybridized carbons (Fsp3) is 0.254. The number of hydrogen-bond acceptors (Lipinski definition) is 4. The maximum absolute atomic E-state index is 4.05. The Balaban J connectivity index is 1.12. The monoisotopic (exact) mass is 987 g/mol. The van der Waals surface area contributed by atoms with Crippen molar-refractivity contribution in [1.82, 2.24) is 4.57 Å². The van der Waals surface area contributed by atoms with Crippen LogP contribution in [0.15, 0.2) is 158 Å². The zero-order valence-corrected chi connectivity index (χ0v) is 46.4. The molecule has 0 spiro atoms. The number of nitrogens with zero attached hydrogens (tertiary/aromatic N) is 2. The van der Waals surface area contributed by atoms with Crippen molar-refractivity contribution in [1.29, 1.82) is 0 Å². The second kappa shape index (κ2) is 16.7. The van der Waals surface area contributed by atoms with Crippen LogP contribution in [0.5, 0.6) is 0 Å². The Kier molecular flexibility index (Phi) is 10.9. The van der Waals surface area contributed by atoms with Gasteiger partial charge in [0.05, 0.1) is 11.2 Å². The predicted octanol–water partition coefficient (Wildman–Crippen LogP) is 19.0. The minimum absolute atomic E-state index is 0.0220. The second-order valence-corrected chi connectivity index (χ2v) is 27.0. The summed E-state index contributed by atoms with van der Waals surface area (Å²) in [6.45, 7) is 30.2. The van der Waals surface area contributed by atoms with Crippen molar-refractivity contribution in [3.63, 3.8) is 0 Å². The summed E-state index contributed by atoms with van der Waals surface area (Å²) < 4.78 is 8.10. The van der Waals surface area contributed by atoms with Crippen molar-refractivity contribution in [2.45, 2.75) is 112 Å². The zero-order chi connectivity index (χ0) is 51.1. The average Bonchev–Trinajstić information content (AvgIpc) is 4.03. The Morgan fingerprint density at radius 1 is 0.438 bits per heavy atom. The van der Waals surface area contributed by atoms with Crippen molar-refractivity contribution < 1.29 is 0 Å². The predicted molar refractivity (Wildman–Crippen MR) is 325 cm³/mol. The fourth-order valence-corrected chi connectivity index (χ4v) is 13.7. The molecule has 8 aromatic carbocycles. The number of aromatic nitrogens is 1. The summed E-state index contributed by atoms with van der Waals surface area (Å²) in [6.07, 6.45) is 0. The Morgan fingerprint density at radius 2 is 0.986 bits per heavy atom. The molecule has 0 amide bonds. The first-order valence-corrected chi connectivity index (χ1v) is 27.8. The molecule has 3 nitrogen and oxygen atoms in total. The van der Waals surface area contributed by atoms with E-state index in [0.29, 0.717) is 0 Å². The average molecular weight is 988 g/mol. The molecule has 1 N–H and O–H groups in total. The van der Waals surface area contributed by atoms with Crippen LogP contribution < -0.4 is 20.5 Å². The van der Waals surface area contributed by atoms with Crippen molar-refractivity contribution >= 4 is 120 Å². The van der Waals surface area contributed by atoms with Crippen molar-refractivity contribution in [2.75, 3.05) is 10.2 Å². The van der Waals surface area contributed by atoms with E-state index in [0.717, 1.165) is 28.4 Å². The molecule has 11 aromatic rings. The van der Waals surface area contributed by atoms with E-state index < -0.39 is 0 Å². The number of rotatable bonds is 6. The molecule has 0 saturated heterocycles. The van der Waals surface area contributed by atoms with Crippen LogP contribution >= 0.6 is 22.7 Å². The van der Waals surface area contributed by atoms with Gasteiger partial charge in [-0.3, -0.25) is 0 Å². The molecule has 0 aliphatic carbocycles. The second-order valence-electron chi connectivity index (χ2n) is 24.8. The van der Waals surface area contributed by atoms with Crippen LogP contribution in [0, 0.1) is 0 Å². The van der Waals surface area contributed by atoms with Crippen LogP contribution in [0.1, 0.15) is 105 Å². The number of thiophene rings is 2. The summed E-state index contributed by atoms with van der Waals surface area (Å²) in [7, 11) is 0. The smallest absolute Gasteiger partial charge is 0.225 e. The number of anilines is 5. The van der Waals surface area contributed by atoms with Crippen LogP contribution in [0.4, 0.5) is 28.4 Å². The molecular formula is C67H66BN3S2. The largest absolute Gasteiger partial charge is 0.355 e. The van der Waals surface area contributed by atoms with E-state index in [1.807, 2.05) is 22.7 Å². The molecule has 73 heavy (non-hydrogen) atoms. The molecule has 4 heterocycles. The van der Waals surface area contributed by atoms with Crippen LogP contribution in [0.2, 0.25) is 6.82 Å². The Morgan fingerprint density at radius 3 is 1.60 bits per heavy atom. The molecule has 0 radical (unpaired) electrons. The zero-order valence-electron chi connectivity index (χ0n) is 44.8. The number of benzene rings is 8. The summed E-state index contributed by atoms with van der Waals surface area (Å²) in [5.41, 5.74) is 18.7. The van der Waals surface area contributed by atoms with E-state index >= 15 is 0 Å². The standard InChI is InChI=1S/C67H66BN3S2/c1-64(2,3)40-18-25-44(26-19-40)69-55-37-47(70(45-27-20-41(21-28-45)65(4,5)6)46-29-22-42(23-30-46)66(7,8)9)31-32-48(55)50-33-34-51-52-39-59-53(49-16-14-15-17-57(49)72-59)38-56(52)71-61(51)60(50)68(13)63-62(71)54-36-43(67(10,11)12)24-35-58(54)73-63/h14-39,69H,1-13H3. The van der Waals surface area contributed by atoms with Gasteiger partial charge >= 0.3 is 0 Å². The van der Waals surface area contributed by atoms with Gasteiger partial charge in [0.25, 0.3) is 0 Å². The SMILES string of the molecule is CB1c2sc3ccc(C(C)(C)C)cc3c2-n2c3cc4c(cc3c3ccc(-c5ccc(N(c6ccc(C(C)(C)C)cc6)c6ccc(C(C)(C)C)cc6)cc5Nc5ccc(C(C)(C)C)cc5)c1c32)sc1ccccc14. The first kappa shape index (κ1) is 47.4. The quantitative estimate of drug-likeness (QED) is 0.168. The number of nitrogens with one attached hydrogen (secondary N) is 1.